The SMILES string of the molecule is CCCCN(CC)Cc1ccc(CNC2CC2)c(OC)c1. The molecule has 0 bridgehead atoms. The molecule has 1 aromatic rings. The number of hydrogen-bond acceptors (Lipinski definition) is 3. The summed E-state index contributed by atoms with van der Waals surface area (Å²) in [5.41, 5.74) is 2.62. The maximum Gasteiger partial charge on any atom is 0.123 e. The summed E-state index contributed by atoms with van der Waals surface area (Å²) in [6.07, 6.45) is 5.17. The van der Waals surface area contributed by atoms with Crippen molar-refractivity contribution < 1.29 is 4.74 Å². The standard InChI is InChI=1S/C18H30N2O/c1-4-6-11-20(5-2)14-15-7-8-16(18(12-15)21-3)13-19-17-9-10-17/h7-8,12,17,19H,4-6,9-11,13-14H2,1-3H3. The van der Waals surface area contributed by atoms with Crippen molar-refractivity contribution >= 4 is 0 Å². The minimum atomic E-state index is 0.735. The molecule has 1 N–H and O–H groups in total. The molecule has 1 fully saturated rings. The van der Waals surface area contributed by atoms with Gasteiger partial charge in [0.25, 0.3) is 0 Å². The zero-order chi connectivity index (χ0) is 15.1. The zero-order valence-corrected chi connectivity index (χ0v) is 13.8. The van der Waals surface area contributed by atoms with Gasteiger partial charge >= 0.3 is 0 Å². The van der Waals surface area contributed by atoms with Crippen LogP contribution in [-0.2, 0) is 13.1 Å². The molecular weight excluding hydrogens is 260 g/mol. The van der Waals surface area contributed by atoms with Crippen LogP contribution in [0.25, 0.3) is 0 Å². The first kappa shape index (κ1) is 16.3. The van der Waals surface area contributed by atoms with Crippen LogP contribution in [0, 0.1) is 0 Å². The number of nitrogens with one attached hydrogen (secondary N) is 1. The van der Waals surface area contributed by atoms with E-state index in [4.69, 9.17) is 4.74 Å². The van der Waals surface area contributed by atoms with Crippen LogP contribution in [0.1, 0.15) is 50.7 Å². The van der Waals surface area contributed by atoms with Crippen molar-refractivity contribution in [3.05, 3.63) is 29.3 Å². The van der Waals surface area contributed by atoms with Crippen LogP contribution >= 0.6 is 0 Å². The number of hydrogen-bond donors (Lipinski definition) is 1. The van der Waals surface area contributed by atoms with Crippen molar-refractivity contribution in [3.63, 3.8) is 0 Å². The summed E-state index contributed by atoms with van der Waals surface area (Å²) in [4.78, 5) is 2.50. The van der Waals surface area contributed by atoms with Crippen LogP contribution < -0.4 is 10.1 Å². The van der Waals surface area contributed by atoms with Crippen LogP contribution in [0.4, 0.5) is 0 Å². The molecule has 0 aromatic heterocycles. The Balaban J connectivity index is 1.95. The van der Waals surface area contributed by atoms with Crippen LogP contribution in [-0.4, -0.2) is 31.1 Å². The second-order valence-corrected chi connectivity index (χ2v) is 6.02. The van der Waals surface area contributed by atoms with Crippen molar-refractivity contribution in [2.45, 2.75) is 58.7 Å². The van der Waals surface area contributed by atoms with Gasteiger partial charge in [-0.25, -0.2) is 0 Å². The zero-order valence-electron chi connectivity index (χ0n) is 13.8. The molecule has 1 aliphatic rings. The summed E-state index contributed by atoms with van der Waals surface area (Å²) in [5.74, 6) is 1.02. The molecule has 2 rings (SSSR count). The van der Waals surface area contributed by atoms with Crippen molar-refractivity contribution in [1.29, 1.82) is 0 Å². The van der Waals surface area contributed by atoms with Gasteiger partial charge in [-0.05, 0) is 44.0 Å². The van der Waals surface area contributed by atoms with Gasteiger partial charge < -0.3 is 10.1 Å². The summed E-state index contributed by atoms with van der Waals surface area (Å²) in [7, 11) is 1.77. The van der Waals surface area contributed by atoms with E-state index in [0.717, 1.165) is 31.4 Å². The highest BCUT2D eigenvalue weighted by atomic mass is 16.5. The summed E-state index contributed by atoms with van der Waals surface area (Å²) in [6, 6.07) is 7.41. The fraction of sp³-hybridized carbons (Fsp3) is 0.667. The van der Waals surface area contributed by atoms with E-state index in [1.807, 2.05) is 0 Å². The highest BCUT2D eigenvalue weighted by molar-refractivity contribution is 5.37. The topological polar surface area (TPSA) is 24.5 Å². The molecule has 0 heterocycles. The Morgan fingerprint density at radius 1 is 1.29 bits per heavy atom. The van der Waals surface area contributed by atoms with Crippen LogP contribution in [0.3, 0.4) is 0 Å². The summed E-state index contributed by atoms with van der Waals surface area (Å²) in [6.45, 7) is 8.71. The number of ether oxygens (including phenoxy) is 1. The van der Waals surface area contributed by atoms with E-state index in [1.54, 1.807) is 7.11 Å². The molecule has 3 nitrogen and oxygen atoms in total. The first-order chi connectivity index (χ1) is 10.3. The number of benzene rings is 1. The lowest BCUT2D eigenvalue weighted by atomic mass is 10.1. The van der Waals surface area contributed by atoms with Gasteiger partial charge in [0, 0.05) is 24.7 Å². The lowest BCUT2D eigenvalue weighted by Crippen LogP contribution is -2.24. The van der Waals surface area contributed by atoms with Crippen molar-refractivity contribution in [1.82, 2.24) is 10.2 Å². The van der Waals surface area contributed by atoms with Crippen molar-refractivity contribution in [2.75, 3.05) is 20.2 Å². The maximum atomic E-state index is 5.58. The van der Waals surface area contributed by atoms with Crippen molar-refractivity contribution in [2.24, 2.45) is 0 Å². The first-order valence-corrected chi connectivity index (χ1v) is 8.38. The van der Waals surface area contributed by atoms with Gasteiger partial charge in [0.2, 0.25) is 0 Å². The van der Waals surface area contributed by atoms with E-state index in [2.05, 4.69) is 42.3 Å². The van der Waals surface area contributed by atoms with Gasteiger partial charge in [0.1, 0.15) is 5.75 Å². The average Bonchev–Trinajstić information content (AvgIpc) is 3.34. The number of unbranched alkanes of at least 4 members (excludes halogenated alkanes) is 1. The Morgan fingerprint density at radius 3 is 2.71 bits per heavy atom. The highest BCUT2D eigenvalue weighted by Crippen LogP contribution is 2.24. The molecule has 1 aromatic carbocycles. The first-order valence-electron chi connectivity index (χ1n) is 8.38. The molecular formula is C18H30N2O. The lowest BCUT2D eigenvalue weighted by molar-refractivity contribution is 0.275. The van der Waals surface area contributed by atoms with E-state index < -0.39 is 0 Å². The Hall–Kier alpha value is -1.06. The molecule has 21 heavy (non-hydrogen) atoms. The maximum absolute atomic E-state index is 5.58. The van der Waals surface area contributed by atoms with Gasteiger partial charge in [0.15, 0.2) is 0 Å². The van der Waals surface area contributed by atoms with Gasteiger partial charge in [-0.15, -0.1) is 0 Å². The van der Waals surface area contributed by atoms with Gasteiger partial charge in [-0.3, -0.25) is 4.90 Å². The predicted molar refractivity (Wildman–Crippen MR) is 88.7 cm³/mol. The molecule has 118 valence electrons. The Morgan fingerprint density at radius 2 is 2.10 bits per heavy atom. The van der Waals surface area contributed by atoms with Gasteiger partial charge in [-0.1, -0.05) is 32.4 Å². The molecule has 0 spiro atoms. The van der Waals surface area contributed by atoms with Gasteiger partial charge in [-0.2, -0.15) is 0 Å². The minimum absolute atomic E-state index is 0.735. The third kappa shape index (κ3) is 5.33. The average molecular weight is 290 g/mol. The Labute approximate surface area is 129 Å². The molecule has 0 aliphatic heterocycles. The molecule has 0 amide bonds. The number of nitrogens with zero attached hydrogens (tertiary/aromatic N) is 1. The minimum Gasteiger partial charge on any atom is -0.496 e. The van der Waals surface area contributed by atoms with E-state index in [-0.39, 0.29) is 0 Å². The monoisotopic (exact) mass is 290 g/mol. The second kappa shape index (κ2) is 8.40. The third-order valence-corrected chi connectivity index (χ3v) is 4.19. The van der Waals surface area contributed by atoms with Crippen molar-refractivity contribution in [3.8, 4) is 5.75 Å². The van der Waals surface area contributed by atoms with E-state index in [9.17, 15) is 0 Å². The summed E-state index contributed by atoms with van der Waals surface area (Å²) in [5, 5.41) is 3.56. The lowest BCUT2D eigenvalue weighted by Gasteiger charge is -2.21. The molecule has 1 aliphatic carbocycles. The van der Waals surface area contributed by atoms with Crippen LogP contribution in [0.2, 0.25) is 0 Å². The molecule has 0 radical (unpaired) electrons. The van der Waals surface area contributed by atoms with Crippen LogP contribution in [0.5, 0.6) is 5.75 Å². The fourth-order valence-electron chi connectivity index (χ4n) is 2.56. The van der Waals surface area contributed by atoms with Crippen LogP contribution in [0.15, 0.2) is 18.2 Å². The Bertz CT molecular complexity index is 429. The summed E-state index contributed by atoms with van der Waals surface area (Å²) >= 11 is 0. The quantitative estimate of drug-likeness (QED) is 0.713. The number of rotatable bonds is 10. The second-order valence-electron chi connectivity index (χ2n) is 6.02. The number of methoxy groups -OCH3 is 1. The fourth-order valence-corrected chi connectivity index (χ4v) is 2.56. The molecule has 1 saturated carbocycles. The van der Waals surface area contributed by atoms with Gasteiger partial charge in [0.05, 0.1) is 7.11 Å². The summed E-state index contributed by atoms with van der Waals surface area (Å²) < 4.78 is 5.58. The molecule has 0 unspecified atom stereocenters. The predicted octanol–water partition coefficient (Wildman–Crippen LogP) is 3.57. The van der Waals surface area contributed by atoms with E-state index in [1.165, 1.54) is 43.4 Å². The molecule has 0 saturated heterocycles. The largest absolute Gasteiger partial charge is 0.496 e. The highest BCUT2D eigenvalue weighted by Gasteiger charge is 2.20. The normalized spacial score (nSPS) is 14.7. The molecule has 0 atom stereocenters. The smallest absolute Gasteiger partial charge is 0.123 e. The van der Waals surface area contributed by atoms with E-state index in [0.29, 0.717) is 0 Å². The van der Waals surface area contributed by atoms with E-state index >= 15 is 0 Å². The Kier molecular flexibility index (Phi) is 6.52. The molecule has 3 heteroatoms. The third-order valence-electron chi connectivity index (χ3n) is 4.19.